The van der Waals surface area contributed by atoms with Crippen molar-refractivity contribution >= 4 is 28.2 Å². The molecule has 32 heavy (non-hydrogen) atoms. The zero-order chi connectivity index (χ0) is 23.0. The van der Waals surface area contributed by atoms with Crippen molar-refractivity contribution in [1.29, 1.82) is 0 Å². The largest absolute Gasteiger partial charge is 0.339 e. The van der Waals surface area contributed by atoms with Gasteiger partial charge in [0, 0.05) is 18.0 Å². The lowest BCUT2D eigenvalue weighted by molar-refractivity contribution is 0.0697. The number of carbonyl (C=O) groups is 2. The standard InChI is InChI=1S/C26H33FN2O2S/c1-16-11-13-29(14-12-16)25(31)22-19-10-9-17(26(2,3)4)15-21(19)32-24(22)28-23(30)18-7-5-6-8-20(18)27/h5-8,16-17H,9-15H2,1-4H3,(H,28,30)/t17-/m0/s1. The van der Waals surface area contributed by atoms with Crippen LogP contribution < -0.4 is 5.32 Å². The number of likely N-dealkylation sites (tertiary alicyclic amines) is 1. The number of nitrogens with one attached hydrogen (secondary N) is 1. The summed E-state index contributed by atoms with van der Waals surface area (Å²) in [6.45, 7) is 10.5. The van der Waals surface area contributed by atoms with Crippen molar-refractivity contribution in [2.75, 3.05) is 18.4 Å². The van der Waals surface area contributed by atoms with Gasteiger partial charge in [0.1, 0.15) is 10.8 Å². The number of anilines is 1. The van der Waals surface area contributed by atoms with Crippen molar-refractivity contribution in [2.45, 2.75) is 59.8 Å². The van der Waals surface area contributed by atoms with Crippen LogP contribution in [0.3, 0.4) is 0 Å². The molecule has 0 radical (unpaired) electrons. The first-order valence-electron chi connectivity index (χ1n) is 11.6. The van der Waals surface area contributed by atoms with Crippen molar-refractivity contribution in [3.63, 3.8) is 0 Å². The summed E-state index contributed by atoms with van der Waals surface area (Å²) < 4.78 is 14.2. The average Bonchev–Trinajstić information content (AvgIpc) is 3.10. The number of benzene rings is 1. The highest BCUT2D eigenvalue weighted by Gasteiger charge is 2.35. The van der Waals surface area contributed by atoms with E-state index in [1.54, 1.807) is 12.1 Å². The first kappa shape index (κ1) is 23.0. The van der Waals surface area contributed by atoms with Crippen molar-refractivity contribution < 1.29 is 14.0 Å². The quantitative estimate of drug-likeness (QED) is 0.601. The second kappa shape index (κ2) is 8.97. The number of halogens is 1. The minimum atomic E-state index is -0.558. The second-order valence-electron chi connectivity index (χ2n) is 10.4. The van der Waals surface area contributed by atoms with Gasteiger partial charge in [0.05, 0.1) is 11.1 Å². The van der Waals surface area contributed by atoms with Gasteiger partial charge in [-0.25, -0.2) is 4.39 Å². The predicted molar refractivity (Wildman–Crippen MR) is 128 cm³/mol. The van der Waals surface area contributed by atoms with Crippen LogP contribution in [0.1, 0.15) is 78.1 Å². The Bertz CT molecular complexity index is 1020. The minimum Gasteiger partial charge on any atom is -0.339 e. The van der Waals surface area contributed by atoms with E-state index in [-0.39, 0.29) is 16.9 Å². The van der Waals surface area contributed by atoms with E-state index >= 15 is 0 Å². The molecule has 0 bridgehead atoms. The van der Waals surface area contributed by atoms with E-state index < -0.39 is 11.7 Å². The summed E-state index contributed by atoms with van der Waals surface area (Å²) in [7, 11) is 0. The molecule has 1 aliphatic heterocycles. The second-order valence-corrected chi connectivity index (χ2v) is 11.5. The maximum atomic E-state index is 14.2. The number of carbonyl (C=O) groups excluding carboxylic acids is 2. The van der Waals surface area contributed by atoms with Crippen LogP contribution in [0.5, 0.6) is 0 Å². The Kier molecular flexibility index (Phi) is 6.44. The van der Waals surface area contributed by atoms with Gasteiger partial charge < -0.3 is 10.2 Å². The van der Waals surface area contributed by atoms with Gasteiger partial charge in [-0.1, -0.05) is 39.8 Å². The predicted octanol–water partition coefficient (Wildman–Crippen LogP) is 6.16. The summed E-state index contributed by atoms with van der Waals surface area (Å²) in [6.07, 6.45) is 4.79. The molecule has 1 atom stereocenters. The molecule has 1 aromatic heterocycles. The van der Waals surface area contributed by atoms with Crippen molar-refractivity contribution in [3.05, 3.63) is 51.7 Å². The minimum absolute atomic E-state index is 0.00311. The van der Waals surface area contributed by atoms with Gasteiger partial charge in [-0.05, 0) is 67.1 Å². The summed E-state index contributed by atoms with van der Waals surface area (Å²) in [5.41, 5.74) is 1.90. The van der Waals surface area contributed by atoms with Gasteiger partial charge in [0.25, 0.3) is 11.8 Å². The Balaban J connectivity index is 1.68. The molecular weight excluding hydrogens is 423 g/mol. The molecule has 4 rings (SSSR count). The number of hydrogen-bond acceptors (Lipinski definition) is 3. The Morgan fingerprint density at radius 2 is 1.81 bits per heavy atom. The van der Waals surface area contributed by atoms with E-state index in [0.717, 1.165) is 50.8 Å². The summed E-state index contributed by atoms with van der Waals surface area (Å²) in [6, 6.07) is 5.96. The van der Waals surface area contributed by atoms with E-state index in [0.29, 0.717) is 22.4 Å². The normalized spacial score (nSPS) is 19.5. The van der Waals surface area contributed by atoms with E-state index in [4.69, 9.17) is 0 Å². The zero-order valence-corrected chi connectivity index (χ0v) is 20.3. The highest BCUT2D eigenvalue weighted by atomic mass is 32.1. The third-order valence-electron chi connectivity index (χ3n) is 7.12. The van der Waals surface area contributed by atoms with Crippen LogP contribution in [0.25, 0.3) is 0 Å². The van der Waals surface area contributed by atoms with Gasteiger partial charge in [-0.2, -0.15) is 0 Å². The highest BCUT2D eigenvalue weighted by molar-refractivity contribution is 7.17. The van der Waals surface area contributed by atoms with Gasteiger partial charge >= 0.3 is 0 Å². The third-order valence-corrected chi connectivity index (χ3v) is 8.29. The van der Waals surface area contributed by atoms with Crippen LogP contribution in [0.4, 0.5) is 9.39 Å². The molecule has 1 aromatic carbocycles. The fourth-order valence-corrected chi connectivity index (χ4v) is 6.14. The van der Waals surface area contributed by atoms with Gasteiger partial charge in [0.15, 0.2) is 0 Å². The van der Waals surface area contributed by atoms with Gasteiger partial charge in [-0.3, -0.25) is 9.59 Å². The fraction of sp³-hybridized carbons (Fsp3) is 0.538. The van der Waals surface area contributed by atoms with Crippen LogP contribution in [0.15, 0.2) is 24.3 Å². The molecule has 0 spiro atoms. The Hall–Kier alpha value is -2.21. The molecule has 2 aromatic rings. The van der Waals surface area contributed by atoms with Crippen molar-refractivity contribution in [1.82, 2.24) is 4.90 Å². The molecule has 1 saturated heterocycles. The van der Waals surface area contributed by atoms with Crippen LogP contribution in [0.2, 0.25) is 0 Å². The maximum Gasteiger partial charge on any atom is 0.259 e. The monoisotopic (exact) mass is 456 g/mol. The van der Waals surface area contributed by atoms with E-state index in [9.17, 15) is 14.0 Å². The summed E-state index contributed by atoms with van der Waals surface area (Å²) >= 11 is 1.50. The SMILES string of the molecule is CC1CCN(C(=O)c2c(NC(=O)c3ccccc3F)sc3c2CC[C@H](C(C)(C)C)C3)CC1. The Labute approximate surface area is 194 Å². The first-order valence-corrected chi connectivity index (χ1v) is 12.5. The number of piperidine rings is 1. The maximum absolute atomic E-state index is 14.2. The summed E-state index contributed by atoms with van der Waals surface area (Å²) in [5.74, 6) is 0.102. The van der Waals surface area contributed by atoms with Gasteiger partial charge in [0.2, 0.25) is 0 Å². The lowest BCUT2D eigenvalue weighted by Gasteiger charge is -2.34. The van der Waals surface area contributed by atoms with E-state index in [2.05, 4.69) is 33.0 Å². The molecule has 2 heterocycles. The van der Waals surface area contributed by atoms with Crippen molar-refractivity contribution in [2.24, 2.45) is 17.3 Å². The lowest BCUT2D eigenvalue weighted by Crippen LogP contribution is -2.38. The zero-order valence-electron chi connectivity index (χ0n) is 19.5. The molecule has 1 fully saturated rings. The topological polar surface area (TPSA) is 49.4 Å². The molecule has 172 valence electrons. The number of nitrogens with zero attached hydrogens (tertiary/aromatic N) is 1. The molecule has 2 amide bonds. The molecule has 6 heteroatoms. The number of thiophene rings is 1. The molecule has 2 aliphatic rings. The first-order chi connectivity index (χ1) is 15.1. The molecule has 1 aliphatic carbocycles. The lowest BCUT2D eigenvalue weighted by atomic mass is 9.72. The summed E-state index contributed by atoms with van der Waals surface area (Å²) in [5, 5.41) is 3.47. The van der Waals surface area contributed by atoms with Crippen molar-refractivity contribution in [3.8, 4) is 0 Å². The molecule has 4 nitrogen and oxygen atoms in total. The molecule has 1 N–H and O–H groups in total. The smallest absolute Gasteiger partial charge is 0.259 e. The van der Waals surface area contributed by atoms with Crippen LogP contribution in [-0.4, -0.2) is 29.8 Å². The van der Waals surface area contributed by atoms with E-state index in [1.165, 1.54) is 28.3 Å². The number of rotatable bonds is 3. The van der Waals surface area contributed by atoms with Crippen LogP contribution in [0, 0.1) is 23.1 Å². The molecular formula is C26H33FN2O2S. The van der Waals surface area contributed by atoms with Gasteiger partial charge in [-0.15, -0.1) is 11.3 Å². The van der Waals surface area contributed by atoms with Crippen LogP contribution in [-0.2, 0) is 12.8 Å². The van der Waals surface area contributed by atoms with E-state index in [1.807, 2.05) is 4.90 Å². The third kappa shape index (κ3) is 4.61. The average molecular weight is 457 g/mol. The Morgan fingerprint density at radius 1 is 1.12 bits per heavy atom. The highest BCUT2D eigenvalue weighted by Crippen LogP contribution is 2.45. The Morgan fingerprint density at radius 3 is 2.47 bits per heavy atom. The number of hydrogen-bond donors (Lipinski definition) is 1. The molecule has 0 saturated carbocycles. The van der Waals surface area contributed by atoms with Crippen LogP contribution >= 0.6 is 11.3 Å². The fourth-order valence-electron chi connectivity index (χ4n) is 4.83. The summed E-state index contributed by atoms with van der Waals surface area (Å²) in [4.78, 5) is 29.6. The molecule has 0 unspecified atom stereocenters. The number of amides is 2. The number of fused-ring (bicyclic) bond motifs is 1.